The molecule has 7 heteroatoms. The van der Waals surface area contributed by atoms with Gasteiger partial charge in [-0.25, -0.2) is 9.97 Å². The van der Waals surface area contributed by atoms with Crippen molar-refractivity contribution in [2.75, 3.05) is 5.32 Å². The highest BCUT2D eigenvalue weighted by Crippen LogP contribution is 2.23. The number of hydrogen-bond donors (Lipinski definition) is 1. The summed E-state index contributed by atoms with van der Waals surface area (Å²) in [5.41, 5.74) is 0.393. The average molecular weight is 347 g/mol. The molecular weight excluding hydrogens is 341 g/mol. The molecule has 2 aromatic rings. The third-order valence-electron chi connectivity index (χ3n) is 2.06. The lowest BCUT2D eigenvalue weighted by Crippen LogP contribution is -2.14. The third kappa shape index (κ3) is 2.98. The van der Waals surface area contributed by atoms with Crippen molar-refractivity contribution >= 4 is 50.9 Å². The summed E-state index contributed by atoms with van der Waals surface area (Å²) in [6, 6.07) is 4.92. The van der Waals surface area contributed by atoms with Gasteiger partial charge in [0.2, 0.25) is 0 Å². The van der Waals surface area contributed by atoms with E-state index in [1.807, 2.05) is 0 Å². The van der Waals surface area contributed by atoms with Crippen molar-refractivity contribution in [3.63, 3.8) is 0 Å². The first kappa shape index (κ1) is 13.3. The van der Waals surface area contributed by atoms with Crippen molar-refractivity contribution in [2.24, 2.45) is 0 Å². The van der Waals surface area contributed by atoms with E-state index >= 15 is 0 Å². The number of benzene rings is 1. The first-order valence-electron chi connectivity index (χ1n) is 4.81. The minimum atomic E-state index is -0.369. The molecule has 4 nitrogen and oxygen atoms in total. The Labute approximate surface area is 121 Å². The monoisotopic (exact) mass is 345 g/mol. The van der Waals surface area contributed by atoms with Crippen LogP contribution < -0.4 is 5.32 Å². The molecule has 0 fully saturated rings. The smallest absolute Gasteiger partial charge is 0.258 e. The van der Waals surface area contributed by atoms with E-state index in [2.05, 4.69) is 31.2 Å². The molecule has 0 saturated heterocycles. The molecule has 1 aromatic carbocycles. The van der Waals surface area contributed by atoms with Crippen molar-refractivity contribution < 1.29 is 4.79 Å². The predicted octanol–water partition coefficient (Wildman–Crippen LogP) is 3.80. The lowest BCUT2D eigenvalue weighted by Gasteiger charge is -2.07. The van der Waals surface area contributed by atoms with Crippen LogP contribution in [0.3, 0.4) is 0 Å². The van der Waals surface area contributed by atoms with Crippen LogP contribution in [0.4, 0.5) is 5.82 Å². The van der Waals surface area contributed by atoms with Gasteiger partial charge < -0.3 is 5.32 Å². The maximum atomic E-state index is 12.0. The summed E-state index contributed by atoms with van der Waals surface area (Å²) in [6.45, 7) is 0. The van der Waals surface area contributed by atoms with Crippen LogP contribution in [0.25, 0.3) is 0 Å². The number of hydrogen-bond acceptors (Lipinski definition) is 3. The average Bonchev–Trinajstić information content (AvgIpc) is 2.35. The summed E-state index contributed by atoms with van der Waals surface area (Å²) >= 11 is 14.9. The van der Waals surface area contributed by atoms with Gasteiger partial charge in [0.15, 0.2) is 11.0 Å². The molecule has 0 aliphatic heterocycles. The number of anilines is 1. The Hall–Kier alpha value is -1.17. The lowest BCUT2D eigenvalue weighted by molar-refractivity contribution is 0.102. The van der Waals surface area contributed by atoms with Crippen LogP contribution in [-0.4, -0.2) is 15.9 Å². The highest BCUT2D eigenvalue weighted by Gasteiger charge is 2.13. The lowest BCUT2D eigenvalue weighted by atomic mass is 10.2. The maximum absolute atomic E-state index is 12.0. The quantitative estimate of drug-likeness (QED) is 0.899. The van der Waals surface area contributed by atoms with Gasteiger partial charge in [0, 0.05) is 21.9 Å². The third-order valence-corrected chi connectivity index (χ3v) is 3.26. The maximum Gasteiger partial charge on any atom is 0.258 e. The number of halogens is 3. The van der Waals surface area contributed by atoms with Crippen LogP contribution in [0.2, 0.25) is 10.2 Å². The summed E-state index contributed by atoms with van der Waals surface area (Å²) in [4.78, 5) is 19.8. The van der Waals surface area contributed by atoms with Gasteiger partial charge in [-0.15, -0.1) is 0 Å². The number of carbonyl (C=O) groups is 1. The zero-order chi connectivity index (χ0) is 13.1. The van der Waals surface area contributed by atoms with E-state index in [1.54, 1.807) is 18.2 Å². The van der Waals surface area contributed by atoms with Gasteiger partial charge in [-0.05, 0) is 34.1 Å². The molecule has 0 bridgehead atoms. The Morgan fingerprint density at radius 2 is 1.94 bits per heavy atom. The number of rotatable bonds is 2. The Balaban J connectivity index is 2.28. The van der Waals surface area contributed by atoms with Crippen LogP contribution in [0.5, 0.6) is 0 Å². The highest BCUT2D eigenvalue weighted by molar-refractivity contribution is 9.10. The molecule has 18 heavy (non-hydrogen) atoms. The molecular formula is C11H6BrCl2N3O. The fraction of sp³-hybridized carbons (Fsp3) is 0. The van der Waals surface area contributed by atoms with Crippen LogP contribution in [0.1, 0.15) is 10.4 Å². The van der Waals surface area contributed by atoms with Crippen molar-refractivity contribution in [1.82, 2.24) is 9.97 Å². The molecule has 0 spiro atoms. The molecule has 1 heterocycles. The van der Waals surface area contributed by atoms with Gasteiger partial charge in [-0.1, -0.05) is 23.2 Å². The van der Waals surface area contributed by atoms with E-state index < -0.39 is 0 Å². The van der Waals surface area contributed by atoms with Crippen molar-refractivity contribution in [2.45, 2.75) is 0 Å². The fourth-order valence-corrected chi connectivity index (χ4v) is 2.00. The number of aromatic nitrogens is 2. The van der Waals surface area contributed by atoms with E-state index in [1.165, 1.54) is 12.4 Å². The van der Waals surface area contributed by atoms with Crippen molar-refractivity contribution in [3.8, 4) is 0 Å². The molecule has 0 aliphatic carbocycles. The summed E-state index contributed by atoms with van der Waals surface area (Å²) < 4.78 is 0.629. The molecule has 1 aromatic heterocycles. The second-order valence-corrected chi connectivity index (χ2v) is 4.92. The Morgan fingerprint density at radius 1 is 1.22 bits per heavy atom. The van der Waals surface area contributed by atoms with Gasteiger partial charge in [0.1, 0.15) is 0 Å². The first-order chi connectivity index (χ1) is 8.58. The van der Waals surface area contributed by atoms with Gasteiger partial charge in [-0.2, -0.15) is 0 Å². The van der Waals surface area contributed by atoms with Crippen LogP contribution in [-0.2, 0) is 0 Å². The van der Waals surface area contributed by atoms with Gasteiger partial charge in [0.25, 0.3) is 5.91 Å². The molecule has 0 unspecified atom stereocenters. The first-order valence-corrected chi connectivity index (χ1v) is 6.35. The Bertz CT molecular complexity index is 607. The zero-order valence-corrected chi connectivity index (χ0v) is 11.9. The minimum Gasteiger partial charge on any atom is -0.304 e. The normalized spacial score (nSPS) is 10.2. The summed E-state index contributed by atoms with van der Waals surface area (Å²) in [6.07, 6.45) is 2.88. The van der Waals surface area contributed by atoms with Crippen LogP contribution >= 0.6 is 39.1 Å². The second-order valence-electron chi connectivity index (χ2n) is 3.27. The number of nitrogens with zero attached hydrogens (tertiary/aromatic N) is 2. The number of nitrogens with one attached hydrogen (secondary N) is 1. The van der Waals surface area contributed by atoms with Crippen LogP contribution in [0, 0.1) is 0 Å². The Kier molecular flexibility index (Phi) is 4.16. The molecule has 0 saturated carbocycles. The van der Waals surface area contributed by atoms with E-state index in [0.29, 0.717) is 15.1 Å². The van der Waals surface area contributed by atoms with Gasteiger partial charge >= 0.3 is 0 Å². The fourth-order valence-electron chi connectivity index (χ4n) is 1.25. The Morgan fingerprint density at radius 3 is 2.67 bits per heavy atom. The van der Waals surface area contributed by atoms with E-state index in [9.17, 15) is 4.79 Å². The van der Waals surface area contributed by atoms with E-state index in [4.69, 9.17) is 23.2 Å². The van der Waals surface area contributed by atoms with Crippen molar-refractivity contribution in [1.29, 1.82) is 0 Å². The zero-order valence-electron chi connectivity index (χ0n) is 8.82. The van der Waals surface area contributed by atoms with Crippen molar-refractivity contribution in [3.05, 3.63) is 50.8 Å². The second kappa shape index (κ2) is 5.65. The molecule has 1 N–H and O–H groups in total. The topological polar surface area (TPSA) is 54.9 Å². The van der Waals surface area contributed by atoms with Gasteiger partial charge in [-0.3, -0.25) is 4.79 Å². The number of amides is 1. The molecule has 0 radical (unpaired) electrons. The predicted molar refractivity (Wildman–Crippen MR) is 74.1 cm³/mol. The van der Waals surface area contributed by atoms with E-state index in [0.717, 1.165) is 0 Å². The summed E-state index contributed by atoms with van der Waals surface area (Å²) in [7, 11) is 0. The van der Waals surface area contributed by atoms with E-state index in [-0.39, 0.29) is 16.9 Å². The molecule has 0 atom stereocenters. The number of carbonyl (C=O) groups excluding carboxylic acids is 1. The van der Waals surface area contributed by atoms with Gasteiger partial charge in [0.05, 0.1) is 5.56 Å². The molecule has 2 rings (SSSR count). The highest BCUT2D eigenvalue weighted by atomic mass is 79.9. The summed E-state index contributed by atoms with van der Waals surface area (Å²) in [5, 5.41) is 3.16. The SMILES string of the molecule is O=C(Nc1nccnc1Cl)c1cc(Cl)ccc1Br. The minimum absolute atomic E-state index is 0.129. The molecule has 0 aliphatic rings. The standard InChI is InChI=1S/C11H6BrCl2N3O/c12-8-2-1-6(13)5-7(8)11(18)17-10-9(14)15-3-4-16-10/h1-5H,(H,16,17,18). The largest absolute Gasteiger partial charge is 0.304 e. The molecule has 1 amide bonds. The van der Waals surface area contributed by atoms with Crippen LogP contribution in [0.15, 0.2) is 35.1 Å². The summed E-state index contributed by atoms with van der Waals surface area (Å²) in [5.74, 6) is -0.164. The molecule has 92 valence electrons.